The number of benzene rings is 1. The standard InChI is InChI=1S/C14H20N2O3S/c1-10-4-3-5-13(11(10)2)15-8-14(17)16-12-6-7-20(18,19)9-12/h3-5,12,15H,6-9H2,1-2H3,(H,16,17). The number of amides is 1. The molecule has 110 valence electrons. The van der Waals surface area contributed by atoms with E-state index in [4.69, 9.17) is 0 Å². The van der Waals surface area contributed by atoms with Gasteiger partial charge >= 0.3 is 0 Å². The molecule has 1 fully saturated rings. The number of hydrogen-bond donors (Lipinski definition) is 2. The molecule has 1 aliphatic heterocycles. The van der Waals surface area contributed by atoms with E-state index in [-0.39, 0.29) is 30.0 Å². The Bertz CT molecular complexity index is 611. The maximum absolute atomic E-state index is 11.8. The number of carbonyl (C=O) groups is 1. The fourth-order valence-electron chi connectivity index (χ4n) is 2.31. The molecular formula is C14H20N2O3S. The van der Waals surface area contributed by atoms with Crippen molar-refractivity contribution in [2.45, 2.75) is 26.3 Å². The zero-order valence-corrected chi connectivity index (χ0v) is 12.6. The maximum Gasteiger partial charge on any atom is 0.239 e. The van der Waals surface area contributed by atoms with Crippen molar-refractivity contribution in [3.05, 3.63) is 29.3 Å². The van der Waals surface area contributed by atoms with Gasteiger partial charge in [-0.3, -0.25) is 4.79 Å². The first-order valence-electron chi connectivity index (χ1n) is 6.67. The molecule has 1 heterocycles. The first-order valence-corrected chi connectivity index (χ1v) is 8.49. The van der Waals surface area contributed by atoms with Gasteiger partial charge in [-0.2, -0.15) is 0 Å². The lowest BCUT2D eigenvalue weighted by atomic mass is 10.1. The Morgan fingerprint density at radius 1 is 1.35 bits per heavy atom. The van der Waals surface area contributed by atoms with Crippen molar-refractivity contribution in [1.29, 1.82) is 0 Å². The number of anilines is 1. The molecule has 6 heteroatoms. The summed E-state index contributed by atoms with van der Waals surface area (Å²) in [5.74, 6) is 0.0536. The molecule has 1 aromatic carbocycles. The molecule has 20 heavy (non-hydrogen) atoms. The minimum atomic E-state index is -2.96. The smallest absolute Gasteiger partial charge is 0.239 e. The molecule has 0 radical (unpaired) electrons. The molecule has 1 aliphatic rings. The van der Waals surface area contributed by atoms with Gasteiger partial charge in [0, 0.05) is 11.7 Å². The lowest BCUT2D eigenvalue weighted by molar-refractivity contribution is -0.119. The van der Waals surface area contributed by atoms with Gasteiger partial charge in [0.1, 0.15) is 0 Å². The van der Waals surface area contributed by atoms with E-state index in [0.29, 0.717) is 6.42 Å². The average molecular weight is 296 g/mol. The molecule has 1 amide bonds. The third-order valence-corrected chi connectivity index (χ3v) is 5.41. The molecule has 0 spiro atoms. The maximum atomic E-state index is 11.8. The SMILES string of the molecule is Cc1cccc(NCC(=O)NC2CCS(=O)(=O)C2)c1C. The second-order valence-corrected chi connectivity index (χ2v) is 7.50. The van der Waals surface area contributed by atoms with Crippen molar-refractivity contribution in [3.63, 3.8) is 0 Å². The van der Waals surface area contributed by atoms with Crippen LogP contribution >= 0.6 is 0 Å². The van der Waals surface area contributed by atoms with Gasteiger partial charge in [0.15, 0.2) is 9.84 Å². The van der Waals surface area contributed by atoms with E-state index in [9.17, 15) is 13.2 Å². The number of aryl methyl sites for hydroxylation is 1. The highest BCUT2D eigenvalue weighted by molar-refractivity contribution is 7.91. The predicted octanol–water partition coefficient (Wildman–Crippen LogP) is 1.02. The van der Waals surface area contributed by atoms with E-state index in [1.54, 1.807) is 0 Å². The summed E-state index contributed by atoms with van der Waals surface area (Å²) in [7, 11) is -2.96. The molecule has 5 nitrogen and oxygen atoms in total. The summed E-state index contributed by atoms with van der Waals surface area (Å²) >= 11 is 0. The molecule has 1 saturated heterocycles. The van der Waals surface area contributed by atoms with Crippen molar-refractivity contribution in [3.8, 4) is 0 Å². The normalized spacial score (nSPS) is 20.6. The summed E-state index contributed by atoms with van der Waals surface area (Å²) in [6.45, 7) is 4.17. The van der Waals surface area contributed by atoms with Crippen molar-refractivity contribution in [2.24, 2.45) is 0 Å². The highest BCUT2D eigenvalue weighted by Gasteiger charge is 2.28. The Hall–Kier alpha value is -1.56. The van der Waals surface area contributed by atoms with Gasteiger partial charge in [-0.15, -0.1) is 0 Å². The molecule has 2 rings (SSSR count). The fourth-order valence-corrected chi connectivity index (χ4v) is 3.98. The van der Waals surface area contributed by atoms with Crippen LogP contribution in [0.1, 0.15) is 17.5 Å². The highest BCUT2D eigenvalue weighted by Crippen LogP contribution is 2.17. The topological polar surface area (TPSA) is 75.3 Å². The van der Waals surface area contributed by atoms with Crippen molar-refractivity contribution < 1.29 is 13.2 Å². The monoisotopic (exact) mass is 296 g/mol. The molecule has 0 aliphatic carbocycles. The summed E-state index contributed by atoms with van der Waals surface area (Å²) in [6, 6.07) is 5.64. The minimum Gasteiger partial charge on any atom is -0.376 e. The second-order valence-electron chi connectivity index (χ2n) is 5.27. The number of sulfone groups is 1. The Kier molecular flexibility index (Phi) is 4.32. The van der Waals surface area contributed by atoms with Gasteiger partial charge in [0.05, 0.1) is 18.1 Å². The van der Waals surface area contributed by atoms with Gasteiger partial charge < -0.3 is 10.6 Å². The van der Waals surface area contributed by atoms with Crippen LogP contribution in [0.25, 0.3) is 0 Å². The van der Waals surface area contributed by atoms with E-state index in [2.05, 4.69) is 10.6 Å². The number of hydrogen-bond acceptors (Lipinski definition) is 4. The quantitative estimate of drug-likeness (QED) is 0.870. The number of rotatable bonds is 4. The average Bonchev–Trinajstić information content (AvgIpc) is 2.70. The summed E-state index contributed by atoms with van der Waals surface area (Å²) in [4.78, 5) is 11.8. The summed E-state index contributed by atoms with van der Waals surface area (Å²) < 4.78 is 22.6. The lowest BCUT2D eigenvalue weighted by Gasteiger charge is -2.14. The third-order valence-electron chi connectivity index (χ3n) is 3.64. The second kappa shape index (κ2) is 5.83. The minimum absolute atomic E-state index is 0.0578. The van der Waals surface area contributed by atoms with Crippen molar-refractivity contribution in [2.75, 3.05) is 23.4 Å². The van der Waals surface area contributed by atoms with Crippen LogP contribution in [0, 0.1) is 13.8 Å². The van der Waals surface area contributed by atoms with Gasteiger partial charge in [0.2, 0.25) is 5.91 Å². The zero-order valence-electron chi connectivity index (χ0n) is 11.8. The molecule has 0 aromatic heterocycles. The Balaban J connectivity index is 1.85. The van der Waals surface area contributed by atoms with Gasteiger partial charge in [0.25, 0.3) is 0 Å². The van der Waals surface area contributed by atoms with Gasteiger partial charge in [-0.25, -0.2) is 8.42 Å². The van der Waals surface area contributed by atoms with Crippen LogP contribution in [0.3, 0.4) is 0 Å². The number of carbonyl (C=O) groups excluding carboxylic acids is 1. The van der Waals surface area contributed by atoms with Crippen LogP contribution in [0.15, 0.2) is 18.2 Å². The molecular weight excluding hydrogens is 276 g/mol. The summed E-state index contributed by atoms with van der Waals surface area (Å²) in [6.07, 6.45) is 0.511. The van der Waals surface area contributed by atoms with E-state index >= 15 is 0 Å². The lowest BCUT2D eigenvalue weighted by Crippen LogP contribution is -2.39. The molecule has 1 unspecified atom stereocenters. The molecule has 0 bridgehead atoms. The predicted molar refractivity (Wildman–Crippen MR) is 79.6 cm³/mol. The largest absolute Gasteiger partial charge is 0.376 e. The van der Waals surface area contributed by atoms with E-state index < -0.39 is 9.84 Å². The number of nitrogens with one attached hydrogen (secondary N) is 2. The zero-order chi connectivity index (χ0) is 14.8. The molecule has 1 aromatic rings. The van der Waals surface area contributed by atoms with Crippen LogP contribution in [0.5, 0.6) is 0 Å². The third kappa shape index (κ3) is 3.72. The van der Waals surface area contributed by atoms with E-state index in [1.807, 2.05) is 32.0 Å². The van der Waals surface area contributed by atoms with Crippen LogP contribution < -0.4 is 10.6 Å². The van der Waals surface area contributed by atoms with Crippen LogP contribution in [0.4, 0.5) is 5.69 Å². The first kappa shape index (κ1) is 14.8. The first-order chi connectivity index (χ1) is 9.37. The van der Waals surface area contributed by atoms with E-state index in [0.717, 1.165) is 16.8 Å². The van der Waals surface area contributed by atoms with Crippen LogP contribution in [0.2, 0.25) is 0 Å². The fraction of sp³-hybridized carbons (Fsp3) is 0.500. The van der Waals surface area contributed by atoms with Gasteiger partial charge in [-0.05, 0) is 37.5 Å². The van der Waals surface area contributed by atoms with Crippen molar-refractivity contribution in [1.82, 2.24) is 5.32 Å². The molecule has 1 atom stereocenters. The summed E-state index contributed by atoms with van der Waals surface area (Å²) in [5.41, 5.74) is 3.21. The van der Waals surface area contributed by atoms with E-state index in [1.165, 1.54) is 0 Å². The molecule has 2 N–H and O–H groups in total. The summed E-state index contributed by atoms with van der Waals surface area (Å²) in [5, 5.41) is 5.84. The molecule has 0 saturated carbocycles. The van der Waals surface area contributed by atoms with Crippen LogP contribution in [-0.2, 0) is 14.6 Å². The Labute approximate surface area is 119 Å². The van der Waals surface area contributed by atoms with Crippen LogP contribution in [-0.4, -0.2) is 38.4 Å². The Morgan fingerprint density at radius 3 is 2.75 bits per heavy atom. The Morgan fingerprint density at radius 2 is 2.10 bits per heavy atom. The highest BCUT2D eigenvalue weighted by atomic mass is 32.2. The van der Waals surface area contributed by atoms with Gasteiger partial charge in [-0.1, -0.05) is 12.1 Å². The van der Waals surface area contributed by atoms with Crippen molar-refractivity contribution >= 4 is 21.4 Å².